The lowest BCUT2D eigenvalue weighted by atomic mass is 9.73. The Balaban J connectivity index is 1.75. The molecule has 1 fully saturated rings. The summed E-state index contributed by atoms with van der Waals surface area (Å²) in [7, 11) is -3.24. The van der Waals surface area contributed by atoms with Crippen LogP contribution in [0.1, 0.15) is 45.4 Å². The molecule has 1 aromatic heterocycles. The zero-order chi connectivity index (χ0) is 17.1. The Morgan fingerprint density at radius 3 is 2.61 bits per heavy atom. The normalized spacial score (nSPS) is 18.6. The van der Waals surface area contributed by atoms with Crippen LogP contribution in [-0.4, -0.2) is 37.4 Å². The van der Waals surface area contributed by atoms with Crippen LogP contribution < -0.4 is 10.6 Å². The molecule has 2 amide bonds. The number of amides is 2. The minimum Gasteiger partial charge on any atom is -0.337 e. The van der Waals surface area contributed by atoms with E-state index < -0.39 is 15.9 Å². The second-order valence-electron chi connectivity index (χ2n) is 7.03. The predicted octanol–water partition coefficient (Wildman–Crippen LogP) is 1.95. The molecule has 1 aromatic rings. The quantitative estimate of drug-likeness (QED) is 0.844. The molecular formula is C14H24N4O4S. The summed E-state index contributed by atoms with van der Waals surface area (Å²) in [6.07, 6.45) is 5.62. The Bertz CT molecular complexity index is 643. The molecule has 1 aliphatic rings. The number of carbonyl (C=O) groups excluding carboxylic acids is 1. The first-order chi connectivity index (χ1) is 10.6. The van der Waals surface area contributed by atoms with E-state index >= 15 is 0 Å². The summed E-state index contributed by atoms with van der Waals surface area (Å²) in [5.41, 5.74) is 0.401. The fourth-order valence-corrected chi connectivity index (χ4v) is 3.23. The van der Waals surface area contributed by atoms with Crippen LogP contribution in [0.25, 0.3) is 0 Å². The highest BCUT2D eigenvalue weighted by atomic mass is 32.2. The average molecular weight is 344 g/mol. The van der Waals surface area contributed by atoms with Crippen LogP contribution in [-0.2, 0) is 15.6 Å². The fraction of sp³-hybridized carbons (Fsp3) is 0.786. The smallest absolute Gasteiger partial charge is 0.329 e. The zero-order valence-electron chi connectivity index (χ0n) is 13.8. The highest BCUT2D eigenvalue weighted by Gasteiger charge is 2.26. The van der Waals surface area contributed by atoms with Crippen molar-refractivity contribution in [2.24, 2.45) is 11.3 Å². The van der Waals surface area contributed by atoms with E-state index in [1.807, 2.05) is 0 Å². The van der Waals surface area contributed by atoms with Gasteiger partial charge in [-0.25, -0.2) is 13.2 Å². The number of anilines is 1. The molecule has 0 saturated heterocycles. The lowest BCUT2D eigenvalue weighted by Crippen LogP contribution is -2.35. The van der Waals surface area contributed by atoms with Gasteiger partial charge in [0.1, 0.15) is 5.75 Å². The number of aromatic nitrogens is 2. The molecule has 2 N–H and O–H groups in total. The van der Waals surface area contributed by atoms with Crippen LogP contribution >= 0.6 is 0 Å². The van der Waals surface area contributed by atoms with Gasteiger partial charge in [-0.15, -0.1) is 0 Å². The Kier molecular flexibility index (Phi) is 5.28. The first-order valence-corrected chi connectivity index (χ1v) is 9.74. The molecule has 9 heteroatoms. The molecule has 1 heterocycles. The third kappa shape index (κ3) is 6.17. The lowest BCUT2D eigenvalue weighted by molar-refractivity contribution is 0.188. The van der Waals surface area contributed by atoms with Gasteiger partial charge in [0.2, 0.25) is 0 Å². The molecule has 0 radical (unpaired) electrons. The van der Waals surface area contributed by atoms with Crippen LogP contribution in [0.2, 0.25) is 0 Å². The molecule has 0 aromatic carbocycles. The van der Waals surface area contributed by atoms with E-state index in [-0.39, 0.29) is 17.6 Å². The molecule has 23 heavy (non-hydrogen) atoms. The second kappa shape index (κ2) is 6.86. The van der Waals surface area contributed by atoms with Crippen molar-refractivity contribution in [3.05, 3.63) is 5.82 Å². The number of hydrogen-bond donors (Lipinski definition) is 2. The zero-order valence-corrected chi connectivity index (χ0v) is 14.6. The molecule has 0 bridgehead atoms. The van der Waals surface area contributed by atoms with Gasteiger partial charge < -0.3 is 9.84 Å². The van der Waals surface area contributed by atoms with Gasteiger partial charge in [0.05, 0.1) is 0 Å². The summed E-state index contributed by atoms with van der Waals surface area (Å²) in [6, 6.07) is -0.532. The van der Waals surface area contributed by atoms with Crippen LogP contribution in [0.15, 0.2) is 4.52 Å². The van der Waals surface area contributed by atoms with Crippen molar-refractivity contribution in [1.82, 2.24) is 15.5 Å². The molecule has 130 valence electrons. The van der Waals surface area contributed by atoms with Gasteiger partial charge in [0, 0.05) is 12.8 Å². The van der Waals surface area contributed by atoms with Gasteiger partial charge in [-0.2, -0.15) is 4.98 Å². The van der Waals surface area contributed by atoms with Crippen LogP contribution in [0.5, 0.6) is 0 Å². The van der Waals surface area contributed by atoms with E-state index in [0.717, 1.165) is 19.1 Å². The van der Waals surface area contributed by atoms with Crippen LogP contribution in [0.4, 0.5) is 10.8 Å². The van der Waals surface area contributed by atoms with E-state index in [1.165, 1.54) is 12.8 Å². The number of sulfone groups is 1. The summed E-state index contributed by atoms with van der Waals surface area (Å²) >= 11 is 0. The largest absolute Gasteiger partial charge is 0.337 e. The summed E-state index contributed by atoms with van der Waals surface area (Å²) in [4.78, 5) is 15.6. The van der Waals surface area contributed by atoms with E-state index in [9.17, 15) is 13.2 Å². The predicted molar refractivity (Wildman–Crippen MR) is 85.6 cm³/mol. The van der Waals surface area contributed by atoms with Crippen molar-refractivity contribution in [3.8, 4) is 0 Å². The van der Waals surface area contributed by atoms with Crippen molar-refractivity contribution < 1.29 is 17.7 Å². The monoisotopic (exact) mass is 344 g/mol. The van der Waals surface area contributed by atoms with Gasteiger partial charge in [0.25, 0.3) is 0 Å². The van der Waals surface area contributed by atoms with Gasteiger partial charge >= 0.3 is 12.0 Å². The average Bonchev–Trinajstić information content (AvgIpc) is 2.82. The summed E-state index contributed by atoms with van der Waals surface area (Å²) in [5, 5.41) is 8.72. The molecule has 0 aliphatic heterocycles. The Hall–Kier alpha value is -1.64. The van der Waals surface area contributed by atoms with E-state index in [2.05, 4.69) is 34.6 Å². The lowest BCUT2D eigenvalue weighted by Gasteiger charge is -2.34. The summed E-state index contributed by atoms with van der Waals surface area (Å²) in [5.74, 6) is 0.187. The SMILES string of the molecule is CC1(C)CCC(CNC(=O)Nc2nc(CS(C)(=O)=O)no2)CC1. The molecule has 0 unspecified atom stereocenters. The fourth-order valence-electron chi connectivity index (χ4n) is 2.64. The number of rotatable bonds is 5. The minimum atomic E-state index is -3.24. The Morgan fingerprint density at radius 2 is 2.00 bits per heavy atom. The van der Waals surface area contributed by atoms with Crippen molar-refractivity contribution in [2.75, 3.05) is 18.1 Å². The molecule has 1 saturated carbocycles. The third-order valence-electron chi connectivity index (χ3n) is 4.09. The number of nitrogens with zero attached hydrogens (tertiary/aromatic N) is 2. The van der Waals surface area contributed by atoms with Crippen LogP contribution in [0, 0.1) is 11.3 Å². The molecule has 0 atom stereocenters. The molecule has 2 rings (SSSR count). The third-order valence-corrected chi connectivity index (χ3v) is 4.87. The second-order valence-corrected chi connectivity index (χ2v) is 9.17. The molecule has 0 spiro atoms. The highest BCUT2D eigenvalue weighted by Crippen LogP contribution is 2.37. The highest BCUT2D eigenvalue weighted by molar-refractivity contribution is 7.89. The summed E-state index contributed by atoms with van der Waals surface area (Å²) in [6.45, 7) is 5.15. The van der Waals surface area contributed by atoms with Gasteiger partial charge in [0.15, 0.2) is 15.7 Å². The number of hydrogen-bond acceptors (Lipinski definition) is 6. The molecule has 8 nitrogen and oxygen atoms in total. The molecular weight excluding hydrogens is 320 g/mol. The Labute approximate surface area is 136 Å². The molecule has 1 aliphatic carbocycles. The maximum Gasteiger partial charge on any atom is 0.329 e. The standard InChI is InChI=1S/C14H24N4O4S/c1-14(2)6-4-10(5-7-14)8-15-12(19)17-13-16-11(18-22-13)9-23(3,20)21/h10H,4-9H2,1-3H3,(H2,15,16,17,18,19). The maximum absolute atomic E-state index is 11.8. The first-order valence-electron chi connectivity index (χ1n) is 7.68. The number of carbonyl (C=O) groups is 1. The van der Waals surface area contributed by atoms with Crippen molar-refractivity contribution in [1.29, 1.82) is 0 Å². The first kappa shape index (κ1) is 17.7. The topological polar surface area (TPSA) is 114 Å². The van der Waals surface area contributed by atoms with Crippen molar-refractivity contribution >= 4 is 21.9 Å². The van der Waals surface area contributed by atoms with Crippen molar-refractivity contribution in [3.63, 3.8) is 0 Å². The van der Waals surface area contributed by atoms with Crippen molar-refractivity contribution in [2.45, 2.75) is 45.3 Å². The van der Waals surface area contributed by atoms with E-state index in [1.54, 1.807) is 0 Å². The summed E-state index contributed by atoms with van der Waals surface area (Å²) < 4.78 is 27.1. The number of nitrogens with one attached hydrogen (secondary N) is 2. The van der Waals surface area contributed by atoms with E-state index in [4.69, 9.17) is 4.52 Å². The maximum atomic E-state index is 11.8. The van der Waals surface area contributed by atoms with E-state index in [0.29, 0.717) is 17.9 Å². The minimum absolute atomic E-state index is 0.0253. The van der Waals surface area contributed by atoms with Gasteiger partial charge in [-0.05, 0) is 37.0 Å². The Morgan fingerprint density at radius 1 is 1.35 bits per heavy atom. The number of urea groups is 1. The van der Waals surface area contributed by atoms with Crippen LogP contribution in [0.3, 0.4) is 0 Å². The van der Waals surface area contributed by atoms with Gasteiger partial charge in [-0.1, -0.05) is 19.0 Å². The van der Waals surface area contributed by atoms with Gasteiger partial charge in [-0.3, -0.25) is 5.32 Å².